The van der Waals surface area contributed by atoms with Crippen LogP contribution < -0.4 is 10.6 Å². The molecule has 2 aromatic carbocycles. The third kappa shape index (κ3) is 5.94. The fourth-order valence-electron chi connectivity index (χ4n) is 3.71. The van der Waals surface area contributed by atoms with E-state index in [1.54, 1.807) is 18.2 Å². The topological polar surface area (TPSA) is 87.5 Å². The molecule has 1 aliphatic rings. The highest BCUT2D eigenvalue weighted by Gasteiger charge is 2.30. The Kier molecular flexibility index (Phi) is 6.49. The molecule has 2 N–H and O–H groups in total. The van der Waals surface area contributed by atoms with Crippen LogP contribution in [0.2, 0.25) is 0 Å². The molecule has 0 aliphatic heterocycles. The summed E-state index contributed by atoms with van der Waals surface area (Å²) in [6, 6.07) is 14.5. The average molecular weight is 492 g/mol. The number of aryl methyl sites for hydroxylation is 1. The van der Waals surface area contributed by atoms with E-state index in [1.807, 2.05) is 25.1 Å². The number of hydrogen-bond acceptors (Lipinski definition) is 7. The molecule has 7 nitrogen and oxygen atoms in total. The SMILES string of the molecule is Cc1nc(N=NCc2ccc(Nc3cccc(C(F)(F)F)c3)cn2)nc2cc(NCC3CC3)ccc12. The van der Waals surface area contributed by atoms with Gasteiger partial charge in [-0.2, -0.15) is 18.3 Å². The van der Waals surface area contributed by atoms with Gasteiger partial charge in [-0.1, -0.05) is 6.07 Å². The van der Waals surface area contributed by atoms with Gasteiger partial charge < -0.3 is 10.6 Å². The molecule has 1 aliphatic carbocycles. The zero-order chi connectivity index (χ0) is 25.1. The summed E-state index contributed by atoms with van der Waals surface area (Å²) in [5, 5.41) is 15.7. The number of rotatable bonds is 8. The lowest BCUT2D eigenvalue weighted by Gasteiger charge is -2.10. The molecule has 4 aromatic rings. The quantitative estimate of drug-likeness (QED) is 0.255. The highest BCUT2D eigenvalue weighted by atomic mass is 19.4. The monoisotopic (exact) mass is 491 g/mol. The van der Waals surface area contributed by atoms with E-state index < -0.39 is 11.7 Å². The van der Waals surface area contributed by atoms with Crippen molar-refractivity contribution in [2.75, 3.05) is 17.2 Å². The molecule has 0 saturated heterocycles. The Hall–Kier alpha value is -4.08. The first-order valence-electron chi connectivity index (χ1n) is 11.6. The van der Waals surface area contributed by atoms with E-state index in [0.717, 1.165) is 46.9 Å². The Morgan fingerprint density at radius 2 is 1.81 bits per heavy atom. The number of nitrogens with zero attached hydrogens (tertiary/aromatic N) is 5. The Morgan fingerprint density at radius 1 is 0.972 bits per heavy atom. The van der Waals surface area contributed by atoms with E-state index in [9.17, 15) is 13.2 Å². The minimum Gasteiger partial charge on any atom is -0.385 e. The number of azo groups is 1. The standard InChI is InChI=1S/C26H24F3N7/c1-16-23-10-9-19(30-13-17-5-6-17)12-24(23)35-25(33-16)36-32-15-21-7-8-22(14-31-21)34-20-4-2-3-18(11-20)26(27,28)29/h2-4,7-12,14,17,30,34H,5-6,13,15H2,1H3. The summed E-state index contributed by atoms with van der Waals surface area (Å²) in [6.45, 7) is 3.11. The molecule has 0 unspecified atom stereocenters. The van der Waals surface area contributed by atoms with Gasteiger partial charge in [-0.05, 0) is 74.2 Å². The zero-order valence-electron chi connectivity index (χ0n) is 19.5. The molecule has 0 atom stereocenters. The van der Waals surface area contributed by atoms with Crippen LogP contribution in [0.1, 0.15) is 29.8 Å². The number of alkyl halides is 3. The molecule has 184 valence electrons. The van der Waals surface area contributed by atoms with Crippen molar-refractivity contribution in [2.24, 2.45) is 16.1 Å². The van der Waals surface area contributed by atoms with E-state index in [4.69, 9.17) is 0 Å². The van der Waals surface area contributed by atoms with E-state index >= 15 is 0 Å². The molecule has 2 aromatic heterocycles. The molecular formula is C26H24F3N7. The summed E-state index contributed by atoms with van der Waals surface area (Å²) >= 11 is 0. The van der Waals surface area contributed by atoms with Gasteiger partial charge in [0.15, 0.2) is 0 Å². The summed E-state index contributed by atoms with van der Waals surface area (Å²) < 4.78 is 38.7. The Balaban J connectivity index is 1.22. The van der Waals surface area contributed by atoms with Crippen LogP contribution in [-0.4, -0.2) is 21.5 Å². The summed E-state index contributed by atoms with van der Waals surface area (Å²) in [5.74, 6) is 1.05. The van der Waals surface area contributed by atoms with Gasteiger partial charge in [-0.25, -0.2) is 9.97 Å². The molecule has 10 heteroatoms. The van der Waals surface area contributed by atoms with Crippen molar-refractivity contribution >= 4 is 33.9 Å². The van der Waals surface area contributed by atoms with Gasteiger partial charge in [-0.3, -0.25) is 4.98 Å². The first-order valence-corrected chi connectivity index (χ1v) is 11.6. The first kappa shape index (κ1) is 23.7. The van der Waals surface area contributed by atoms with Crippen molar-refractivity contribution in [3.05, 3.63) is 77.7 Å². The van der Waals surface area contributed by atoms with E-state index in [-0.39, 0.29) is 12.5 Å². The minimum absolute atomic E-state index is 0.216. The molecule has 0 radical (unpaired) electrons. The van der Waals surface area contributed by atoms with Crippen LogP contribution in [-0.2, 0) is 12.7 Å². The van der Waals surface area contributed by atoms with E-state index in [1.165, 1.54) is 25.1 Å². The lowest BCUT2D eigenvalue weighted by atomic mass is 10.2. The van der Waals surface area contributed by atoms with Crippen molar-refractivity contribution < 1.29 is 13.2 Å². The maximum absolute atomic E-state index is 12.9. The molecule has 1 saturated carbocycles. The number of pyridine rings is 1. The molecular weight excluding hydrogens is 467 g/mol. The second-order valence-electron chi connectivity index (χ2n) is 8.81. The van der Waals surface area contributed by atoms with Crippen LogP contribution in [0.15, 0.2) is 71.0 Å². The number of aromatic nitrogens is 3. The van der Waals surface area contributed by atoms with Crippen LogP contribution in [0, 0.1) is 12.8 Å². The van der Waals surface area contributed by atoms with Gasteiger partial charge in [0.2, 0.25) is 0 Å². The van der Waals surface area contributed by atoms with Crippen LogP contribution in [0.4, 0.5) is 36.2 Å². The van der Waals surface area contributed by atoms with Gasteiger partial charge in [0.1, 0.15) is 6.54 Å². The third-order valence-corrected chi connectivity index (χ3v) is 5.86. The summed E-state index contributed by atoms with van der Waals surface area (Å²) in [5.41, 5.74) is 3.49. The Morgan fingerprint density at radius 3 is 2.56 bits per heavy atom. The van der Waals surface area contributed by atoms with Crippen molar-refractivity contribution in [1.29, 1.82) is 0 Å². The number of halogens is 3. The maximum atomic E-state index is 12.9. The summed E-state index contributed by atoms with van der Waals surface area (Å²) in [6.07, 6.45) is -0.280. The smallest absolute Gasteiger partial charge is 0.385 e. The van der Waals surface area contributed by atoms with Crippen LogP contribution in [0.25, 0.3) is 10.9 Å². The minimum atomic E-state index is -4.40. The van der Waals surface area contributed by atoms with Crippen molar-refractivity contribution in [3.8, 4) is 0 Å². The largest absolute Gasteiger partial charge is 0.416 e. The Bertz CT molecular complexity index is 1400. The predicted octanol–water partition coefficient (Wildman–Crippen LogP) is 7.20. The lowest BCUT2D eigenvalue weighted by molar-refractivity contribution is -0.137. The zero-order valence-corrected chi connectivity index (χ0v) is 19.5. The number of nitrogens with one attached hydrogen (secondary N) is 2. The number of hydrogen-bond donors (Lipinski definition) is 2. The lowest BCUT2D eigenvalue weighted by Crippen LogP contribution is -2.05. The van der Waals surface area contributed by atoms with Crippen LogP contribution in [0.3, 0.4) is 0 Å². The van der Waals surface area contributed by atoms with Crippen LogP contribution >= 0.6 is 0 Å². The fourth-order valence-corrected chi connectivity index (χ4v) is 3.71. The second kappa shape index (κ2) is 9.88. The normalized spacial score (nSPS) is 13.9. The van der Waals surface area contributed by atoms with E-state index in [0.29, 0.717) is 17.1 Å². The molecule has 36 heavy (non-hydrogen) atoms. The van der Waals surface area contributed by atoms with Crippen molar-refractivity contribution in [2.45, 2.75) is 32.5 Å². The summed E-state index contributed by atoms with van der Waals surface area (Å²) in [7, 11) is 0. The van der Waals surface area contributed by atoms with Crippen molar-refractivity contribution in [1.82, 2.24) is 15.0 Å². The maximum Gasteiger partial charge on any atom is 0.416 e. The highest BCUT2D eigenvalue weighted by molar-refractivity contribution is 5.84. The summed E-state index contributed by atoms with van der Waals surface area (Å²) in [4.78, 5) is 13.3. The fraction of sp³-hybridized carbons (Fsp3) is 0.269. The first-order chi connectivity index (χ1) is 17.3. The molecule has 1 fully saturated rings. The number of anilines is 3. The average Bonchev–Trinajstić information content (AvgIpc) is 3.68. The van der Waals surface area contributed by atoms with Gasteiger partial charge in [0.25, 0.3) is 5.95 Å². The van der Waals surface area contributed by atoms with Gasteiger partial charge in [0, 0.05) is 23.3 Å². The molecule has 2 heterocycles. The predicted molar refractivity (Wildman–Crippen MR) is 133 cm³/mol. The van der Waals surface area contributed by atoms with Gasteiger partial charge in [0.05, 0.1) is 34.4 Å². The molecule has 0 spiro atoms. The van der Waals surface area contributed by atoms with E-state index in [2.05, 4.69) is 35.8 Å². The van der Waals surface area contributed by atoms with Crippen molar-refractivity contribution in [3.63, 3.8) is 0 Å². The van der Waals surface area contributed by atoms with Gasteiger partial charge >= 0.3 is 6.18 Å². The van der Waals surface area contributed by atoms with Crippen LogP contribution in [0.5, 0.6) is 0 Å². The molecule has 5 rings (SSSR count). The second-order valence-corrected chi connectivity index (χ2v) is 8.81. The number of fused-ring (bicyclic) bond motifs is 1. The Labute approximate surface area is 205 Å². The van der Waals surface area contributed by atoms with Gasteiger partial charge in [-0.15, -0.1) is 5.11 Å². The number of benzene rings is 2. The molecule has 0 bridgehead atoms. The molecule has 0 amide bonds. The highest BCUT2D eigenvalue weighted by Crippen LogP contribution is 2.32. The third-order valence-electron chi connectivity index (χ3n) is 5.86.